The van der Waals surface area contributed by atoms with Gasteiger partial charge in [-0.05, 0) is 62.3 Å². The van der Waals surface area contributed by atoms with Crippen LogP contribution in [-0.4, -0.2) is 10.1 Å². The molecule has 0 radical (unpaired) electrons. The number of rotatable bonds is 2. The summed E-state index contributed by atoms with van der Waals surface area (Å²) >= 11 is 11.5. The second-order valence-electron chi connectivity index (χ2n) is 4.68. The fourth-order valence-electron chi connectivity index (χ4n) is 1.95. The van der Waals surface area contributed by atoms with E-state index in [0.29, 0.717) is 16.0 Å². The molecule has 5 heteroatoms. The average molecular weight is 306 g/mol. The quantitative estimate of drug-likeness (QED) is 0.803. The van der Waals surface area contributed by atoms with E-state index in [2.05, 4.69) is 21.7 Å². The van der Waals surface area contributed by atoms with Crippen molar-refractivity contribution in [3.63, 3.8) is 0 Å². The lowest BCUT2D eigenvalue weighted by molar-refractivity contribution is 1.20. The van der Waals surface area contributed by atoms with Gasteiger partial charge in [0.1, 0.15) is 5.82 Å². The molecule has 2 aromatic rings. The largest absolute Gasteiger partial charge is 0.331 e. The fourth-order valence-corrected chi connectivity index (χ4v) is 2.52. The highest BCUT2D eigenvalue weighted by Gasteiger charge is 2.07. The van der Waals surface area contributed by atoms with E-state index in [4.69, 9.17) is 23.8 Å². The Kier molecular flexibility index (Phi) is 4.57. The van der Waals surface area contributed by atoms with E-state index in [1.165, 1.54) is 0 Å². The van der Waals surface area contributed by atoms with Gasteiger partial charge < -0.3 is 10.6 Å². The zero-order valence-corrected chi connectivity index (χ0v) is 13.2. The Bertz CT molecular complexity index is 632. The molecule has 0 fully saturated rings. The number of pyridine rings is 1. The first kappa shape index (κ1) is 14.8. The topological polar surface area (TPSA) is 37.0 Å². The van der Waals surface area contributed by atoms with E-state index in [0.717, 1.165) is 22.5 Å². The molecule has 0 saturated carbocycles. The molecule has 0 spiro atoms. The van der Waals surface area contributed by atoms with Crippen LogP contribution in [0.1, 0.15) is 16.8 Å². The standard InChI is InChI=1S/C15H16ClN3S/c1-9-7-10(2)14(12(16)8-9)19-15(20)18-13-6-4-5-11(3)17-13/h4-8H,1-3H3,(H2,17,18,19,20). The number of thiocarbonyl (C=S) groups is 1. The van der Waals surface area contributed by atoms with Crippen LogP contribution in [0.4, 0.5) is 11.5 Å². The van der Waals surface area contributed by atoms with Gasteiger partial charge in [0.25, 0.3) is 0 Å². The highest BCUT2D eigenvalue weighted by atomic mass is 35.5. The van der Waals surface area contributed by atoms with Crippen LogP contribution in [0.25, 0.3) is 0 Å². The molecular weight excluding hydrogens is 290 g/mol. The summed E-state index contributed by atoms with van der Waals surface area (Å²) in [7, 11) is 0. The van der Waals surface area contributed by atoms with Gasteiger partial charge >= 0.3 is 0 Å². The molecule has 0 unspecified atom stereocenters. The van der Waals surface area contributed by atoms with Crippen molar-refractivity contribution < 1.29 is 0 Å². The summed E-state index contributed by atoms with van der Waals surface area (Å²) in [6.07, 6.45) is 0. The minimum atomic E-state index is 0.469. The molecule has 2 rings (SSSR count). The molecular formula is C15H16ClN3S. The van der Waals surface area contributed by atoms with Crippen LogP contribution < -0.4 is 10.6 Å². The van der Waals surface area contributed by atoms with Gasteiger partial charge in [-0.15, -0.1) is 0 Å². The number of halogens is 1. The number of anilines is 2. The lowest BCUT2D eigenvalue weighted by Crippen LogP contribution is -2.20. The van der Waals surface area contributed by atoms with Crippen molar-refractivity contribution in [1.82, 2.24) is 4.98 Å². The first-order chi connectivity index (χ1) is 9.45. The number of aromatic nitrogens is 1. The summed E-state index contributed by atoms with van der Waals surface area (Å²) in [4.78, 5) is 4.34. The van der Waals surface area contributed by atoms with Crippen molar-refractivity contribution in [1.29, 1.82) is 0 Å². The Balaban J connectivity index is 2.13. The minimum absolute atomic E-state index is 0.469. The molecule has 0 aliphatic carbocycles. The van der Waals surface area contributed by atoms with Gasteiger partial charge in [-0.1, -0.05) is 23.7 Å². The van der Waals surface area contributed by atoms with Crippen molar-refractivity contribution in [3.8, 4) is 0 Å². The first-order valence-electron chi connectivity index (χ1n) is 6.24. The van der Waals surface area contributed by atoms with Crippen LogP contribution >= 0.6 is 23.8 Å². The van der Waals surface area contributed by atoms with Gasteiger partial charge in [0.05, 0.1) is 10.7 Å². The predicted molar refractivity (Wildman–Crippen MR) is 89.7 cm³/mol. The van der Waals surface area contributed by atoms with Crippen LogP contribution in [0, 0.1) is 20.8 Å². The van der Waals surface area contributed by atoms with Gasteiger partial charge in [-0.2, -0.15) is 0 Å². The Hall–Kier alpha value is -1.65. The molecule has 0 atom stereocenters. The number of nitrogens with zero attached hydrogens (tertiary/aromatic N) is 1. The van der Waals surface area contributed by atoms with Crippen LogP contribution in [0.3, 0.4) is 0 Å². The molecule has 1 aromatic heterocycles. The number of hydrogen-bond acceptors (Lipinski definition) is 2. The Labute approximate surface area is 129 Å². The van der Waals surface area contributed by atoms with Crippen molar-refractivity contribution in [2.75, 3.05) is 10.6 Å². The van der Waals surface area contributed by atoms with E-state index in [1.807, 2.05) is 45.0 Å². The van der Waals surface area contributed by atoms with Crippen LogP contribution in [0.15, 0.2) is 30.3 Å². The van der Waals surface area contributed by atoms with E-state index in [9.17, 15) is 0 Å². The maximum Gasteiger partial charge on any atom is 0.176 e. The third-order valence-corrected chi connectivity index (χ3v) is 3.30. The number of hydrogen-bond donors (Lipinski definition) is 2. The van der Waals surface area contributed by atoms with Crippen molar-refractivity contribution in [3.05, 3.63) is 52.2 Å². The molecule has 0 aliphatic heterocycles. The zero-order chi connectivity index (χ0) is 14.7. The number of nitrogens with one attached hydrogen (secondary N) is 2. The molecule has 2 N–H and O–H groups in total. The predicted octanol–water partition coefficient (Wildman–Crippen LogP) is 4.47. The normalized spacial score (nSPS) is 10.2. The highest BCUT2D eigenvalue weighted by Crippen LogP contribution is 2.27. The molecule has 0 aliphatic rings. The zero-order valence-electron chi connectivity index (χ0n) is 11.6. The lowest BCUT2D eigenvalue weighted by Gasteiger charge is -2.14. The summed E-state index contributed by atoms with van der Waals surface area (Å²) in [5.74, 6) is 0.711. The Morgan fingerprint density at radius 2 is 1.90 bits per heavy atom. The Morgan fingerprint density at radius 3 is 2.55 bits per heavy atom. The number of benzene rings is 1. The van der Waals surface area contributed by atoms with Crippen molar-refractivity contribution in [2.24, 2.45) is 0 Å². The molecule has 0 bridgehead atoms. The average Bonchev–Trinajstić information content (AvgIpc) is 2.33. The monoisotopic (exact) mass is 305 g/mol. The Morgan fingerprint density at radius 1 is 1.15 bits per heavy atom. The maximum absolute atomic E-state index is 6.24. The van der Waals surface area contributed by atoms with Crippen LogP contribution in [-0.2, 0) is 0 Å². The molecule has 1 aromatic carbocycles. The summed E-state index contributed by atoms with van der Waals surface area (Å²) in [6, 6.07) is 9.69. The van der Waals surface area contributed by atoms with Crippen LogP contribution in [0.2, 0.25) is 5.02 Å². The highest BCUT2D eigenvalue weighted by molar-refractivity contribution is 7.80. The van der Waals surface area contributed by atoms with E-state index < -0.39 is 0 Å². The number of aryl methyl sites for hydroxylation is 3. The second-order valence-corrected chi connectivity index (χ2v) is 5.50. The lowest BCUT2D eigenvalue weighted by atomic mass is 10.1. The van der Waals surface area contributed by atoms with Crippen LogP contribution in [0.5, 0.6) is 0 Å². The second kappa shape index (κ2) is 6.20. The summed E-state index contributed by atoms with van der Waals surface area (Å²) in [6.45, 7) is 5.94. The van der Waals surface area contributed by atoms with Crippen molar-refractivity contribution in [2.45, 2.75) is 20.8 Å². The molecule has 3 nitrogen and oxygen atoms in total. The summed E-state index contributed by atoms with van der Waals surface area (Å²) in [5.41, 5.74) is 3.93. The third-order valence-electron chi connectivity index (χ3n) is 2.80. The molecule has 0 saturated heterocycles. The maximum atomic E-state index is 6.24. The van der Waals surface area contributed by atoms with Crippen molar-refractivity contribution >= 4 is 40.4 Å². The SMILES string of the molecule is Cc1cc(C)c(NC(=S)Nc2cccc(C)n2)c(Cl)c1. The van der Waals surface area contributed by atoms with Gasteiger partial charge in [0.2, 0.25) is 0 Å². The van der Waals surface area contributed by atoms with Gasteiger partial charge in [-0.3, -0.25) is 0 Å². The van der Waals surface area contributed by atoms with Gasteiger partial charge in [0.15, 0.2) is 5.11 Å². The van der Waals surface area contributed by atoms with E-state index >= 15 is 0 Å². The molecule has 1 heterocycles. The molecule has 0 amide bonds. The third kappa shape index (κ3) is 3.68. The van der Waals surface area contributed by atoms with Gasteiger partial charge in [0, 0.05) is 5.69 Å². The smallest absolute Gasteiger partial charge is 0.176 e. The molecule has 104 valence electrons. The fraction of sp³-hybridized carbons (Fsp3) is 0.200. The summed E-state index contributed by atoms with van der Waals surface area (Å²) < 4.78 is 0. The minimum Gasteiger partial charge on any atom is -0.331 e. The first-order valence-corrected chi connectivity index (χ1v) is 7.03. The van der Waals surface area contributed by atoms with E-state index in [-0.39, 0.29) is 0 Å². The molecule has 20 heavy (non-hydrogen) atoms. The summed E-state index contributed by atoms with van der Waals surface area (Å²) in [5, 5.41) is 7.30. The van der Waals surface area contributed by atoms with Gasteiger partial charge in [-0.25, -0.2) is 4.98 Å². The van der Waals surface area contributed by atoms with E-state index in [1.54, 1.807) is 0 Å².